The molecule has 1 heterocycles. The Morgan fingerprint density at radius 3 is 2.76 bits per heavy atom. The molecule has 0 aliphatic carbocycles. The van der Waals surface area contributed by atoms with Crippen LogP contribution in [0.3, 0.4) is 0 Å². The predicted octanol–water partition coefficient (Wildman–Crippen LogP) is 1.01. The number of amides is 1. The van der Waals surface area contributed by atoms with E-state index in [2.05, 4.69) is 4.99 Å². The molecule has 1 aromatic carbocycles. The van der Waals surface area contributed by atoms with Gasteiger partial charge in [0, 0.05) is 25.6 Å². The predicted molar refractivity (Wildman–Crippen MR) is 67.8 cm³/mol. The van der Waals surface area contributed by atoms with Crippen LogP contribution in [0.2, 0.25) is 0 Å². The Morgan fingerprint density at radius 2 is 2.12 bits per heavy atom. The number of aliphatic imine (C=N–C) groups is 1. The topological polar surface area (TPSA) is 58.7 Å². The maximum Gasteiger partial charge on any atom is 0.222 e. The molecule has 0 radical (unpaired) electrons. The second kappa shape index (κ2) is 4.99. The fraction of sp³-hybridized carbons (Fsp3) is 0.385. The molecular weight excluding hydrogens is 214 g/mol. The Morgan fingerprint density at radius 1 is 1.41 bits per heavy atom. The van der Waals surface area contributed by atoms with E-state index in [9.17, 15) is 4.79 Å². The molecule has 1 aromatic rings. The van der Waals surface area contributed by atoms with Crippen LogP contribution in [-0.4, -0.2) is 36.3 Å². The van der Waals surface area contributed by atoms with Crippen LogP contribution in [0.5, 0.6) is 0 Å². The average Bonchev–Trinajstić information content (AvgIpc) is 2.35. The summed E-state index contributed by atoms with van der Waals surface area (Å²) in [6.07, 6.45) is 1.35. The van der Waals surface area contributed by atoms with Crippen molar-refractivity contribution in [3.05, 3.63) is 35.9 Å². The summed E-state index contributed by atoms with van der Waals surface area (Å²) in [4.78, 5) is 17.6. The highest BCUT2D eigenvalue weighted by Gasteiger charge is 2.22. The minimum absolute atomic E-state index is 0.123. The number of hydrogen-bond donors (Lipinski definition) is 1. The average molecular weight is 231 g/mol. The van der Waals surface area contributed by atoms with Gasteiger partial charge in [0.2, 0.25) is 5.91 Å². The van der Waals surface area contributed by atoms with E-state index in [1.165, 1.54) is 0 Å². The van der Waals surface area contributed by atoms with Crippen LogP contribution in [0.1, 0.15) is 18.4 Å². The standard InChI is InChI=1S/C13H17N3O/c1-16-9-11(7-8-12(16)17)15-13(14)10-5-3-2-4-6-10/h2-6,11H,7-9H2,1H3,(H2,14,15). The summed E-state index contributed by atoms with van der Waals surface area (Å²) in [6.45, 7) is 0.659. The van der Waals surface area contributed by atoms with Crippen LogP contribution in [0.4, 0.5) is 0 Å². The molecule has 0 saturated carbocycles. The minimum atomic E-state index is 0.123. The Labute approximate surface area is 101 Å². The molecule has 1 fully saturated rings. The molecule has 2 N–H and O–H groups in total. The Balaban J connectivity index is 2.07. The number of likely N-dealkylation sites (tertiary alicyclic amines) is 1. The van der Waals surface area contributed by atoms with Gasteiger partial charge in [-0.15, -0.1) is 0 Å². The molecule has 1 aliphatic rings. The van der Waals surface area contributed by atoms with Gasteiger partial charge in [-0.25, -0.2) is 0 Å². The SMILES string of the molecule is CN1CC(N=C(N)c2ccccc2)CCC1=O. The molecule has 1 saturated heterocycles. The Kier molecular flexibility index (Phi) is 3.42. The second-order valence-corrected chi connectivity index (χ2v) is 4.35. The number of piperidine rings is 1. The van der Waals surface area contributed by atoms with E-state index in [1.54, 1.807) is 4.90 Å². The summed E-state index contributed by atoms with van der Waals surface area (Å²) < 4.78 is 0. The molecule has 4 heteroatoms. The van der Waals surface area contributed by atoms with Gasteiger partial charge in [-0.1, -0.05) is 30.3 Å². The van der Waals surface area contributed by atoms with Crippen LogP contribution < -0.4 is 5.73 Å². The minimum Gasteiger partial charge on any atom is -0.383 e. The zero-order valence-corrected chi connectivity index (χ0v) is 9.97. The third-order valence-corrected chi connectivity index (χ3v) is 2.99. The van der Waals surface area contributed by atoms with Crippen molar-refractivity contribution in [3.8, 4) is 0 Å². The molecule has 0 spiro atoms. The molecule has 0 bridgehead atoms. The quantitative estimate of drug-likeness (QED) is 0.610. The van der Waals surface area contributed by atoms with E-state index in [1.807, 2.05) is 37.4 Å². The highest BCUT2D eigenvalue weighted by molar-refractivity contribution is 5.97. The van der Waals surface area contributed by atoms with Gasteiger partial charge in [0.25, 0.3) is 0 Å². The highest BCUT2D eigenvalue weighted by Crippen LogP contribution is 2.13. The van der Waals surface area contributed by atoms with Crippen molar-refractivity contribution in [2.24, 2.45) is 10.7 Å². The summed E-state index contributed by atoms with van der Waals surface area (Å²) in [7, 11) is 1.81. The molecule has 1 unspecified atom stereocenters. The zero-order chi connectivity index (χ0) is 12.3. The van der Waals surface area contributed by atoms with Crippen molar-refractivity contribution in [1.82, 2.24) is 4.90 Å². The van der Waals surface area contributed by atoms with Gasteiger partial charge in [0.05, 0.1) is 6.04 Å². The second-order valence-electron chi connectivity index (χ2n) is 4.35. The van der Waals surface area contributed by atoms with Crippen LogP contribution >= 0.6 is 0 Å². The van der Waals surface area contributed by atoms with Crippen molar-refractivity contribution in [2.75, 3.05) is 13.6 Å². The Hall–Kier alpha value is -1.84. The van der Waals surface area contributed by atoms with E-state index in [-0.39, 0.29) is 11.9 Å². The third kappa shape index (κ3) is 2.84. The number of carbonyl (C=O) groups excluding carboxylic acids is 1. The van der Waals surface area contributed by atoms with Gasteiger partial charge < -0.3 is 10.6 Å². The lowest BCUT2D eigenvalue weighted by molar-refractivity contribution is -0.132. The van der Waals surface area contributed by atoms with Crippen molar-refractivity contribution in [3.63, 3.8) is 0 Å². The summed E-state index contributed by atoms with van der Waals surface area (Å²) in [6, 6.07) is 9.83. The number of benzene rings is 1. The first kappa shape index (κ1) is 11.6. The van der Waals surface area contributed by atoms with Gasteiger partial charge >= 0.3 is 0 Å². The summed E-state index contributed by atoms with van der Waals surface area (Å²) in [5.74, 6) is 0.744. The van der Waals surface area contributed by atoms with E-state index < -0.39 is 0 Å². The molecule has 1 atom stereocenters. The molecule has 90 valence electrons. The zero-order valence-electron chi connectivity index (χ0n) is 9.97. The fourth-order valence-electron chi connectivity index (χ4n) is 1.98. The van der Waals surface area contributed by atoms with Gasteiger partial charge in [-0.3, -0.25) is 9.79 Å². The molecule has 0 aromatic heterocycles. The number of amidine groups is 1. The molecular formula is C13H17N3O. The molecule has 4 nitrogen and oxygen atoms in total. The first-order valence-electron chi connectivity index (χ1n) is 5.79. The van der Waals surface area contributed by atoms with Crippen molar-refractivity contribution in [1.29, 1.82) is 0 Å². The highest BCUT2D eigenvalue weighted by atomic mass is 16.2. The van der Waals surface area contributed by atoms with E-state index >= 15 is 0 Å². The van der Waals surface area contributed by atoms with Gasteiger partial charge in [0.1, 0.15) is 5.84 Å². The van der Waals surface area contributed by atoms with Crippen molar-refractivity contribution in [2.45, 2.75) is 18.9 Å². The maximum absolute atomic E-state index is 11.3. The lowest BCUT2D eigenvalue weighted by Crippen LogP contribution is -2.39. The molecule has 2 rings (SSSR count). The van der Waals surface area contributed by atoms with Gasteiger partial charge in [-0.2, -0.15) is 0 Å². The normalized spacial score (nSPS) is 21.7. The number of nitrogens with zero attached hydrogens (tertiary/aromatic N) is 2. The number of hydrogen-bond acceptors (Lipinski definition) is 2. The number of nitrogens with two attached hydrogens (primary N) is 1. The molecule has 1 aliphatic heterocycles. The lowest BCUT2D eigenvalue weighted by Gasteiger charge is -2.27. The summed E-state index contributed by atoms with van der Waals surface area (Å²) in [5, 5.41) is 0. The van der Waals surface area contributed by atoms with E-state index in [4.69, 9.17) is 5.73 Å². The van der Waals surface area contributed by atoms with Crippen LogP contribution in [-0.2, 0) is 4.79 Å². The van der Waals surface area contributed by atoms with Crippen LogP contribution in [0.25, 0.3) is 0 Å². The monoisotopic (exact) mass is 231 g/mol. The van der Waals surface area contributed by atoms with Crippen molar-refractivity contribution >= 4 is 11.7 Å². The van der Waals surface area contributed by atoms with Crippen LogP contribution in [0.15, 0.2) is 35.3 Å². The largest absolute Gasteiger partial charge is 0.383 e. The Bertz CT molecular complexity index is 428. The molecule has 1 amide bonds. The lowest BCUT2D eigenvalue weighted by atomic mass is 10.1. The fourth-order valence-corrected chi connectivity index (χ4v) is 1.98. The number of likely N-dealkylation sites (N-methyl/N-ethyl adjacent to an activating group) is 1. The van der Waals surface area contributed by atoms with E-state index in [0.29, 0.717) is 18.8 Å². The molecule has 17 heavy (non-hydrogen) atoms. The van der Waals surface area contributed by atoms with Gasteiger partial charge in [-0.05, 0) is 6.42 Å². The maximum atomic E-state index is 11.3. The summed E-state index contributed by atoms with van der Waals surface area (Å²) in [5.41, 5.74) is 6.89. The first-order chi connectivity index (χ1) is 8.16. The third-order valence-electron chi connectivity index (χ3n) is 2.99. The smallest absolute Gasteiger partial charge is 0.222 e. The van der Waals surface area contributed by atoms with Crippen molar-refractivity contribution < 1.29 is 4.79 Å². The number of rotatable bonds is 2. The number of carbonyl (C=O) groups is 1. The summed E-state index contributed by atoms with van der Waals surface area (Å²) >= 11 is 0. The van der Waals surface area contributed by atoms with Crippen LogP contribution in [0, 0.1) is 0 Å². The van der Waals surface area contributed by atoms with Gasteiger partial charge in [0.15, 0.2) is 0 Å². The first-order valence-corrected chi connectivity index (χ1v) is 5.79. The van der Waals surface area contributed by atoms with E-state index in [0.717, 1.165) is 12.0 Å².